The molecule has 1 aliphatic carbocycles. The van der Waals surface area contributed by atoms with Crippen LogP contribution in [0.3, 0.4) is 0 Å². The normalized spacial score (nSPS) is 34.1. The molecule has 1 heterocycles. The number of hydrogen-bond acceptors (Lipinski definition) is 2. The largest absolute Gasteiger partial charge is 0.378 e. The quantitative estimate of drug-likeness (QED) is 0.797. The minimum atomic E-state index is 0.411. The van der Waals surface area contributed by atoms with E-state index in [1.807, 2.05) is 0 Å². The first-order valence-electron chi connectivity index (χ1n) is 7.47. The van der Waals surface area contributed by atoms with Crippen molar-refractivity contribution in [3.8, 4) is 0 Å². The van der Waals surface area contributed by atoms with Crippen LogP contribution in [-0.2, 0) is 4.74 Å². The summed E-state index contributed by atoms with van der Waals surface area (Å²) in [5, 5.41) is 0. The summed E-state index contributed by atoms with van der Waals surface area (Å²) in [6.45, 7) is 5.77. The standard InChI is InChI=1S/C15H29NO/c1-15(2)10-4-8-13(15)14(16)9-3-6-12-7-5-11-17-12/h12-14H,3-11,16H2,1-2H3. The molecule has 2 aliphatic rings. The molecular weight excluding hydrogens is 210 g/mol. The highest BCUT2D eigenvalue weighted by Crippen LogP contribution is 2.44. The minimum Gasteiger partial charge on any atom is -0.378 e. The Morgan fingerprint density at radius 2 is 2.12 bits per heavy atom. The van der Waals surface area contributed by atoms with Gasteiger partial charge in [0.1, 0.15) is 0 Å². The molecule has 1 saturated heterocycles. The maximum atomic E-state index is 6.40. The van der Waals surface area contributed by atoms with Crippen LogP contribution in [0.25, 0.3) is 0 Å². The molecule has 2 N–H and O–H groups in total. The SMILES string of the molecule is CC1(C)CCCC1C(N)CCCC1CCCO1. The first kappa shape index (κ1) is 13.4. The lowest BCUT2D eigenvalue weighted by Crippen LogP contribution is -2.36. The van der Waals surface area contributed by atoms with E-state index in [2.05, 4.69) is 13.8 Å². The monoisotopic (exact) mass is 239 g/mol. The van der Waals surface area contributed by atoms with Gasteiger partial charge in [0.05, 0.1) is 6.10 Å². The van der Waals surface area contributed by atoms with Crippen molar-refractivity contribution in [3.05, 3.63) is 0 Å². The van der Waals surface area contributed by atoms with Gasteiger partial charge in [-0.25, -0.2) is 0 Å². The fraction of sp³-hybridized carbons (Fsp3) is 1.00. The molecule has 0 radical (unpaired) electrons. The van der Waals surface area contributed by atoms with E-state index in [1.54, 1.807) is 0 Å². The van der Waals surface area contributed by atoms with Gasteiger partial charge < -0.3 is 10.5 Å². The molecule has 1 saturated carbocycles. The summed E-state index contributed by atoms with van der Waals surface area (Å²) >= 11 is 0. The summed E-state index contributed by atoms with van der Waals surface area (Å²) in [6, 6.07) is 0.411. The predicted octanol–water partition coefficient (Wildman–Crippen LogP) is 3.49. The summed E-state index contributed by atoms with van der Waals surface area (Å²) < 4.78 is 5.66. The second-order valence-electron chi connectivity index (χ2n) is 6.72. The third kappa shape index (κ3) is 3.45. The van der Waals surface area contributed by atoms with Crippen LogP contribution in [0.2, 0.25) is 0 Å². The Balaban J connectivity index is 1.68. The second-order valence-corrected chi connectivity index (χ2v) is 6.72. The fourth-order valence-corrected chi connectivity index (χ4v) is 3.80. The van der Waals surface area contributed by atoms with Gasteiger partial charge in [-0.1, -0.05) is 20.3 Å². The molecule has 17 heavy (non-hydrogen) atoms. The van der Waals surface area contributed by atoms with Crippen LogP contribution in [0, 0.1) is 11.3 Å². The van der Waals surface area contributed by atoms with Crippen molar-refractivity contribution < 1.29 is 4.74 Å². The van der Waals surface area contributed by atoms with Gasteiger partial charge in [0.2, 0.25) is 0 Å². The Kier molecular flexibility index (Phi) is 4.48. The van der Waals surface area contributed by atoms with Gasteiger partial charge in [-0.3, -0.25) is 0 Å². The van der Waals surface area contributed by atoms with Crippen molar-refractivity contribution in [2.24, 2.45) is 17.1 Å². The van der Waals surface area contributed by atoms with Crippen molar-refractivity contribution in [1.29, 1.82) is 0 Å². The molecule has 2 heteroatoms. The van der Waals surface area contributed by atoms with E-state index < -0.39 is 0 Å². The summed E-state index contributed by atoms with van der Waals surface area (Å²) in [7, 11) is 0. The van der Waals surface area contributed by atoms with Crippen LogP contribution in [0.15, 0.2) is 0 Å². The van der Waals surface area contributed by atoms with Crippen LogP contribution in [-0.4, -0.2) is 18.8 Å². The lowest BCUT2D eigenvalue weighted by Gasteiger charge is -2.32. The van der Waals surface area contributed by atoms with E-state index in [-0.39, 0.29) is 0 Å². The van der Waals surface area contributed by atoms with E-state index in [4.69, 9.17) is 10.5 Å². The van der Waals surface area contributed by atoms with Crippen molar-refractivity contribution in [2.75, 3.05) is 6.61 Å². The van der Waals surface area contributed by atoms with Crippen LogP contribution >= 0.6 is 0 Å². The van der Waals surface area contributed by atoms with Crippen molar-refractivity contribution in [3.63, 3.8) is 0 Å². The molecule has 0 bridgehead atoms. The Bertz CT molecular complexity index is 233. The van der Waals surface area contributed by atoms with E-state index in [0.717, 1.165) is 12.5 Å². The van der Waals surface area contributed by atoms with Gasteiger partial charge in [-0.15, -0.1) is 0 Å². The Morgan fingerprint density at radius 1 is 1.29 bits per heavy atom. The third-order valence-corrected chi connectivity index (χ3v) is 4.94. The molecular formula is C15H29NO. The fourth-order valence-electron chi connectivity index (χ4n) is 3.80. The molecule has 3 atom stereocenters. The highest BCUT2D eigenvalue weighted by atomic mass is 16.5. The van der Waals surface area contributed by atoms with Gasteiger partial charge in [-0.05, 0) is 56.3 Å². The van der Waals surface area contributed by atoms with Crippen molar-refractivity contribution >= 4 is 0 Å². The maximum Gasteiger partial charge on any atom is 0.0576 e. The maximum absolute atomic E-state index is 6.40. The molecule has 0 aromatic heterocycles. The van der Waals surface area contributed by atoms with Gasteiger partial charge in [0.25, 0.3) is 0 Å². The predicted molar refractivity (Wildman–Crippen MR) is 71.9 cm³/mol. The molecule has 0 aromatic rings. The summed E-state index contributed by atoms with van der Waals surface area (Å²) in [4.78, 5) is 0. The number of ether oxygens (including phenoxy) is 1. The Labute approximate surface area is 106 Å². The van der Waals surface area contributed by atoms with Crippen LogP contribution in [0.5, 0.6) is 0 Å². The molecule has 100 valence electrons. The van der Waals surface area contributed by atoms with Crippen molar-refractivity contribution in [2.45, 2.75) is 77.4 Å². The molecule has 1 aliphatic heterocycles. The lowest BCUT2D eigenvalue weighted by atomic mass is 9.76. The highest BCUT2D eigenvalue weighted by molar-refractivity contribution is 4.90. The van der Waals surface area contributed by atoms with Crippen LogP contribution < -0.4 is 5.73 Å². The molecule has 2 nitrogen and oxygen atoms in total. The number of hydrogen-bond donors (Lipinski definition) is 1. The van der Waals surface area contributed by atoms with E-state index in [0.29, 0.717) is 17.6 Å². The van der Waals surface area contributed by atoms with Gasteiger partial charge >= 0.3 is 0 Å². The van der Waals surface area contributed by atoms with Crippen LogP contribution in [0.4, 0.5) is 0 Å². The minimum absolute atomic E-state index is 0.411. The summed E-state index contributed by atoms with van der Waals surface area (Å²) in [6.07, 6.45) is 10.8. The zero-order chi connectivity index (χ0) is 12.3. The van der Waals surface area contributed by atoms with Crippen molar-refractivity contribution in [1.82, 2.24) is 0 Å². The summed E-state index contributed by atoms with van der Waals surface area (Å²) in [5.41, 5.74) is 6.87. The van der Waals surface area contributed by atoms with Gasteiger partial charge in [0, 0.05) is 12.6 Å². The number of nitrogens with two attached hydrogens (primary N) is 1. The van der Waals surface area contributed by atoms with Crippen LogP contribution in [0.1, 0.15) is 65.2 Å². The van der Waals surface area contributed by atoms with E-state index in [9.17, 15) is 0 Å². The average molecular weight is 239 g/mol. The number of rotatable bonds is 5. The Hall–Kier alpha value is -0.0800. The average Bonchev–Trinajstić information content (AvgIpc) is 2.87. The summed E-state index contributed by atoms with van der Waals surface area (Å²) in [5.74, 6) is 0.743. The van der Waals surface area contributed by atoms with Gasteiger partial charge in [-0.2, -0.15) is 0 Å². The zero-order valence-corrected chi connectivity index (χ0v) is 11.6. The molecule has 0 aromatic carbocycles. The topological polar surface area (TPSA) is 35.2 Å². The second kappa shape index (κ2) is 5.71. The zero-order valence-electron chi connectivity index (χ0n) is 11.6. The lowest BCUT2D eigenvalue weighted by molar-refractivity contribution is 0.0998. The molecule has 0 spiro atoms. The van der Waals surface area contributed by atoms with E-state index in [1.165, 1.54) is 51.4 Å². The molecule has 2 rings (SSSR count). The smallest absolute Gasteiger partial charge is 0.0576 e. The van der Waals surface area contributed by atoms with E-state index >= 15 is 0 Å². The first-order chi connectivity index (χ1) is 8.09. The van der Waals surface area contributed by atoms with Gasteiger partial charge in [0.15, 0.2) is 0 Å². The molecule has 0 amide bonds. The highest BCUT2D eigenvalue weighted by Gasteiger charge is 2.37. The third-order valence-electron chi connectivity index (χ3n) is 4.94. The first-order valence-corrected chi connectivity index (χ1v) is 7.47. The molecule has 3 unspecified atom stereocenters. The molecule has 2 fully saturated rings. The Morgan fingerprint density at radius 3 is 2.71 bits per heavy atom.